The van der Waals surface area contributed by atoms with E-state index in [9.17, 15) is 17.8 Å². The Labute approximate surface area is 206 Å². The number of pyridine rings is 2. The summed E-state index contributed by atoms with van der Waals surface area (Å²) in [7, 11) is -2.05. The highest BCUT2D eigenvalue weighted by molar-refractivity contribution is 7.86. The summed E-state index contributed by atoms with van der Waals surface area (Å²) in [6, 6.07) is 7.94. The Balaban J connectivity index is 1.45. The van der Waals surface area contributed by atoms with Crippen LogP contribution < -0.4 is 4.72 Å². The number of fused-ring (bicyclic) bond motifs is 1. The number of ether oxygens (including phenoxy) is 1. The monoisotopic (exact) mass is 517 g/mol. The van der Waals surface area contributed by atoms with Crippen molar-refractivity contribution in [2.24, 2.45) is 0 Å². The average Bonchev–Trinajstić information content (AvgIpc) is 3.28. The molecule has 8 nitrogen and oxygen atoms in total. The molecule has 0 radical (unpaired) electrons. The smallest absolute Gasteiger partial charge is 0.272 e. The third-order valence-corrected chi connectivity index (χ3v) is 6.93. The Bertz CT molecular complexity index is 1460. The lowest BCUT2D eigenvalue weighted by atomic mass is 10.1. The molecule has 180 valence electrons. The molecule has 1 amide bonds. The molecule has 0 saturated carbocycles. The molecular formula is C23H18ClF2N5O3S. The number of amides is 1. The minimum absolute atomic E-state index is 0.0245. The average molecular weight is 518 g/mol. The number of imidazole rings is 1. The van der Waals surface area contributed by atoms with Crippen molar-refractivity contribution in [2.75, 3.05) is 31.0 Å². The third kappa shape index (κ3) is 4.75. The summed E-state index contributed by atoms with van der Waals surface area (Å²) in [4.78, 5) is 23.0. The lowest BCUT2D eigenvalue weighted by molar-refractivity contribution is 0.0298. The first-order valence-electron chi connectivity index (χ1n) is 10.5. The minimum Gasteiger partial charge on any atom is -0.378 e. The standard InChI is InChI=1S/C23H18ClF2N5O3S/c24-22-18(29-35(33)20-3-2-16(25)10-17(20)26)9-15(11-28-22)14-1-4-21-27-12-19(31(21)13-14)23(32)30-5-7-34-8-6-30/h1-4,9-13,29H,5-8H2. The Kier molecular flexibility index (Phi) is 6.46. The van der Waals surface area contributed by atoms with Gasteiger partial charge < -0.3 is 9.64 Å². The largest absolute Gasteiger partial charge is 0.378 e. The van der Waals surface area contributed by atoms with Crippen LogP contribution in [0.3, 0.4) is 0 Å². The summed E-state index contributed by atoms with van der Waals surface area (Å²) in [5.74, 6) is -1.86. The summed E-state index contributed by atoms with van der Waals surface area (Å²) in [5, 5.41) is 0.0245. The molecule has 1 fully saturated rings. The molecule has 1 saturated heterocycles. The van der Waals surface area contributed by atoms with Gasteiger partial charge in [0.15, 0.2) is 16.1 Å². The second-order valence-corrected chi connectivity index (χ2v) is 9.24. The molecule has 0 bridgehead atoms. The van der Waals surface area contributed by atoms with Gasteiger partial charge in [0.1, 0.15) is 23.0 Å². The van der Waals surface area contributed by atoms with Gasteiger partial charge in [0.05, 0.1) is 30.0 Å². The fraction of sp³-hybridized carbons (Fsp3) is 0.174. The van der Waals surface area contributed by atoms with E-state index in [0.29, 0.717) is 54.8 Å². The van der Waals surface area contributed by atoms with Crippen molar-refractivity contribution in [3.63, 3.8) is 0 Å². The normalized spacial score (nSPS) is 14.8. The van der Waals surface area contributed by atoms with E-state index in [1.165, 1.54) is 12.4 Å². The van der Waals surface area contributed by atoms with Gasteiger partial charge in [-0.3, -0.25) is 13.9 Å². The molecular weight excluding hydrogens is 500 g/mol. The van der Waals surface area contributed by atoms with Gasteiger partial charge in [-0.1, -0.05) is 11.6 Å². The molecule has 1 N–H and O–H groups in total. The van der Waals surface area contributed by atoms with Crippen LogP contribution >= 0.6 is 11.6 Å². The van der Waals surface area contributed by atoms with Crippen molar-refractivity contribution in [1.82, 2.24) is 19.3 Å². The van der Waals surface area contributed by atoms with E-state index >= 15 is 0 Å². The number of aromatic nitrogens is 3. The number of anilines is 1. The fourth-order valence-corrected chi connectivity index (χ4v) is 4.80. The quantitative estimate of drug-likeness (QED) is 0.405. The van der Waals surface area contributed by atoms with E-state index in [1.54, 1.807) is 33.7 Å². The van der Waals surface area contributed by atoms with Crippen molar-refractivity contribution in [2.45, 2.75) is 4.90 Å². The number of nitrogens with zero attached hydrogens (tertiary/aromatic N) is 4. The van der Waals surface area contributed by atoms with Crippen LogP contribution in [0.25, 0.3) is 16.8 Å². The van der Waals surface area contributed by atoms with E-state index in [2.05, 4.69) is 14.7 Å². The molecule has 12 heteroatoms. The predicted octanol–water partition coefficient (Wildman–Crippen LogP) is 3.94. The highest BCUT2D eigenvalue weighted by Gasteiger charge is 2.22. The number of nitrogens with one attached hydrogen (secondary N) is 1. The maximum atomic E-state index is 14.0. The first kappa shape index (κ1) is 23.3. The van der Waals surface area contributed by atoms with Gasteiger partial charge in [0, 0.05) is 42.7 Å². The number of rotatable bonds is 5. The van der Waals surface area contributed by atoms with Gasteiger partial charge in [-0.2, -0.15) is 0 Å². The summed E-state index contributed by atoms with van der Waals surface area (Å²) in [6.07, 6.45) is 4.81. The van der Waals surface area contributed by atoms with Crippen molar-refractivity contribution in [3.05, 3.63) is 77.5 Å². The number of carbonyl (C=O) groups excluding carboxylic acids is 1. The number of benzene rings is 1. The van der Waals surface area contributed by atoms with Gasteiger partial charge >= 0.3 is 0 Å². The van der Waals surface area contributed by atoms with Crippen LogP contribution in [0.2, 0.25) is 5.15 Å². The van der Waals surface area contributed by atoms with Crippen molar-refractivity contribution < 1.29 is 22.5 Å². The summed E-state index contributed by atoms with van der Waals surface area (Å²) in [6.45, 7) is 1.99. The zero-order valence-electron chi connectivity index (χ0n) is 18.1. The highest BCUT2D eigenvalue weighted by Crippen LogP contribution is 2.29. The Hall–Kier alpha value is -3.41. The number of morpholine rings is 1. The zero-order chi connectivity index (χ0) is 24.5. The highest BCUT2D eigenvalue weighted by atomic mass is 35.5. The van der Waals surface area contributed by atoms with E-state index in [4.69, 9.17) is 16.3 Å². The van der Waals surface area contributed by atoms with Crippen LogP contribution in [0.5, 0.6) is 0 Å². The number of carbonyl (C=O) groups is 1. The topological polar surface area (TPSA) is 88.8 Å². The van der Waals surface area contributed by atoms with E-state index in [1.807, 2.05) is 0 Å². The van der Waals surface area contributed by atoms with Crippen molar-refractivity contribution >= 4 is 39.8 Å². The summed E-state index contributed by atoms with van der Waals surface area (Å²) < 4.78 is 49.5. The lowest BCUT2D eigenvalue weighted by Crippen LogP contribution is -2.41. The second kappa shape index (κ2) is 9.68. The maximum Gasteiger partial charge on any atom is 0.272 e. The molecule has 1 aromatic carbocycles. The third-order valence-electron chi connectivity index (χ3n) is 5.49. The zero-order valence-corrected chi connectivity index (χ0v) is 19.7. The van der Waals surface area contributed by atoms with Gasteiger partial charge in [0.2, 0.25) is 0 Å². The Morgan fingerprint density at radius 2 is 1.86 bits per heavy atom. The van der Waals surface area contributed by atoms with Crippen molar-refractivity contribution in [1.29, 1.82) is 0 Å². The van der Waals surface area contributed by atoms with Crippen molar-refractivity contribution in [3.8, 4) is 11.1 Å². The van der Waals surface area contributed by atoms with Gasteiger partial charge in [0.25, 0.3) is 5.91 Å². The Morgan fingerprint density at radius 1 is 1.06 bits per heavy atom. The van der Waals surface area contributed by atoms with Crippen LogP contribution in [0, 0.1) is 11.6 Å². The predicted molar refractivity (Wildman–Crippen MR) is 127 cm³/mol. The molecule has 0 spiro atoms. The summed E-state index contributed by atoms with van der Waals surface area (Å²) in [5.41, 5.74) is 2.50. The SMILES string of the molecule is O=C(c1cnc2ccc(-c3cnc(Cl)c(NS(=O)c4ccc(F)cc4F)c3)cn12)N1CCOCC1. The van der Waals surface area contributed by atoms with Gasteiger partial charge in [-0.25, -0.2) is 23.0 Å². The molecule has 1 aliphatic heterocycles. The molecule has 1 unspecified atom stereocenters. The summed E-state index contributed by atoms with van der Waals surface area (Å²) >= 11 is 6.17. The number of halogens is 3. The molecule has 1 atom stereocenters. The number of hydrogen-bond acceptors (Lipinski definition) is 5. The lowest BCUT2D eigenvalue weighted by Gasteiger charge is -2.26. The van der Waals surface area contributed by atoms with Gasteiger partial charge in [-0.15, -0.1) is 0 Å². The first-order valence-corrected chi connectivity index (χ1v) is 12.1. The van der Waals surface area contributed by atoms with E-state index < -0.39 is 22.6 Å². The molecule has 4 aromatic rings. The molecule has 5 rings (SSSR count). The van der Waals surface area contributed by atoms with E-state index in [0.717, 1.165) is 12.1 Å². The first-order chi connectivity index (χ1) is 16.9. The van der Waals surface area contributed by atoms with Crippen LogP contribution in [0.4, 0.5) is 14.5 Å². The molecule has 4 heterocycles. The van der Waals surface area contributed by atoms with Gasteiger partial charge in [-0.05, 0) is 30.3 Å². The maximum absolute atomic E-state index is 14.0. The fourth-order valence-electron chi connectivity index (χ4n) is 3.70. The van der Waals surface area contributed by atoms with Crippen LogP contribution in [-0.4, -0.2) is 55.7 Å². The van der Waals surface area contributed by atoms with Crippen LogP contribution in [-0.2, 0) is 15.7 Å². The second-order valence-electron chi connectivity index (χ2n) is 7.70. The molecule has 1 aliphatic rings. The van der Waals surface area contributed by atoms with Crippen LogP contribution in [0.15, 0.2) is 59.9 Å². The minimum atomic E-state index is -2.05. The number of hydrogen-bond donors (Lipinski definition) is 1. The molecule has 35 heavy (non-hydrogen) atoms. The van der Waals surface area contributed by atoms with E-state index in [-0.39, 0.29) is 21.6 Å². The molecule has 0 aliphatic carbocycles. The Morgan fingerprint density at radius 3 is 2.63 bits per heavy atom. The molecule has 3 aromatic heterocycles. The van der Waals surface area contributed by atoms with Crippen LogP contribution in [0.1, 0.15) is 10.5 Å².